The van der Waals surface area contributed by atoms with Crippen LogP contribution in [0.4, 0.5) is 0 Å². The molecule has 232 valence electrons. The summed E-state index contributed by atoms with van der Waals surface area (Å²) in [5.41, 5.74) is 13.0. The van der Waals surface area contributed by atoms with Gasteiger partial charge in [-0.3, -0.25) is 4.57 Å². The van der Waals surface area contributed by atoms with Crippen molar-refractivity contribution in [1.29, 1.82) is 0 Å². The molecular weight excluding hydrogens is 593 g/mol. The van der Waals surface area contributed by atoms with Crippen LogP contribution in [0.25, 0.3) is 82.8 Å². The highest BCUT2D eigenvalue weighted by Crippen LogP contribution is 2.47. The maximum atomic E-state index is 5.06. The summed E-state index contributed by atoms with van der Waals surface area (Å²) in [4.78, 5) is 5.06. The fourth-order valence-corrected chi connectivity index (χ4v) is 7.54. The van der Waals surface area contributed by atoms with Crippen molar-refractivity contribution in [2.24, 2.45) is 0 Å². The van der Waals surface area contributed by atoms with Crippen LogP contribution in [0.3, 0.4) is 0 Å². The summed E-state index contributed by atoms with van der Waals surface area (Å²) in [5.74, 6) is 1.06. The molecule has 9 rings (SSSR count). The lowest BCUT2D eigenvalue weighted by atomic mass is 9.84. The third-order valence-electron chi connectivity index (χ3n) is 9.75. The minimum absolute atomic E-state index is 0.835. The van der Waals surface area contributed by atoms with Crippen LogP contribution in [0, 0.1) is 0 Å². The summed E-state index contributed by atoms with van der Waals surface area (Å²) < 4.78 is 2.36. The maximum absolute atomic E-state index is 5.06. The van der Waals surface area contributed by atoms with Crippen molar-refractivity contribution in [2.45, 2.75) is 13.3 Å². The molecule has 2 heteroatoms. The van der Waals surface area contributed by atoms with Crippen LogP contribution in [0.1, 0.15) is 12.7 Å². The number of para-hydroxylation sites is 3. The van der Waals surface area contributed by atoms with Crippen LogP contribution >= 0.6 is 0 Å². The molecule has 0 unspecified atom stereocenters. The molecule has 0 bridgehead atoms. The summed E-state index contributed by atoms with van der Waals surface area (Å²) in [6, 6.07) is 63.7. The number of imidazole rings is 1. The van der Waals surface area contributed by atoms with Crippen molar-refractivity contribution in [1.82, 2.24) is 9.55 Å². The normalized spacial score (nSPS) is 11.4. The molecule has 0 amide bonds. The monoisotopic (exact) mass is 626 g/mol. The lowest BCUT2D eigenvalue weighted by molar-refractivity contribution is 0.909. The van der Waals surface area contributed by atoms with E-state index in [9.17, 15) is 0 Å². The van der Waals surface area contributed by atoms with Crippen molar-refractivity contribution in [3.63, 3.8) is 0 Å². The third kappa shape index (κ3) is 4.92. The van der Waals surface area contributed by atoms with Crippen molar-refractivity contribution < 1.29 is 0 Å². The highest BCUT2D eigenvalue weighted by atomic mass is 15.1. The Bertz CT molecular complexity index is 2630. The number of fused-ring (bicyclic) bond motifs is 3. The number of hydrogen-bond donors (Lipinski definition) is 0. The van der Waals surface area contributed by atoms with Gasteiger partial charge in [0.05, 0.1) is 16.7 Å². The van der Waals surface area contributed by atoms with Crippen molar-refractivity contribution in [2.75, 3.05) is 0 Å². The standard InChI is InChI=1S/C47H34N2/c1-2-45-48-42-25-12-14-27-44(42)49(45)43-26-13-11-24-40(43)47-38-23-10-9-22-37(38)46(36-21-15-20-34(30-36)32-16-5-3-6-17-32)41-31-35(28-29-39(41)47)33-18-7-4-8-19-33/h3-31H,2H2,1H3. The number of rotatable bonds is 6. The molecule has 0 aliphatic heterocycles. The van der Waals surface area contributed by atoms with Gasteiger partial charge in [-0.05, 0) is 90.8 Å². The molecule has 0 saturated heterocycles. The molecular formula is C47H34N2. The highest BCUT2D eigenvalue weighted by molar-refractivity contribution is 6.22. The maximum Gasteiger partial charge on any atom is 0.114 e. The molecule has 0 N–H and O–H groups in total. The van der Waals surface area contributed by atoms with E-state index < -0.39 is 0 Å². The van der Waals surface area contributed by atoms with Crippen LogP contribution in [0.15, 0.2) is 176 Å². The van der Waals surface area contributed by atoms with E-state index in [1.807, 2.05) is 0 Å². The number of aromatic nitrogens is 2. The van der Waals surface area contributed by atoms with Crippen LogP contribution in [-0.2, 0) is 6.42 Å². The molecule has 0 aliphatic carbocycles. The second kappa shape index (κ2) is 12.1. The predicted octanol–water partition coefficient (Wildman–Crippen LogP) is 12.6. The Hall–Kier alpha value is -6.25. The molecule has 0 spiro atoms. The van der Waals surface area contributed by atoms with E-state index >= 15 is 0 Å². The van der Waals surface area contributed by atoms with Crippen molar-refractivity contribution >= 4 is 32.6 Å². The summed E-state index contributed by atoms with van der Waals surface area (Å²) in [6.07, 6.45) is 0.835. The second-order valence-corrected chi connectivity index (χ2v) is 12.6. The van der Waals surface area contributed by atoms with Gasteiger partial charge in [-0.2, -0.15) is 0 Å². The quantitative estimate of drug-likeness (QED) is 0.168. The molecule has 2 nitrogen and oxygen atoms in total. The zero-order chi connectivity index (χ0) is 32.7. The lowest BCUT2D eigenvalue weighted by Gasteiger charge is -2.21. The third-order valence-corrected chi connectivity index (χ3v) is 9.75. The Morgan fingerprint density at radius 2 is 1.00 bits per heavy atom. The average molecular weight is 627 g/mol. The fourth-order valence-electron chi connectivity index (χ4n) is 7.54. The van der Waals surface area contributed by atoms with Crippen LogP contribution in [-0.4, -0.2) is 9.55 Å². The molecule has 9 aromatic rings. The largest absolute Gasteiger partial charge is 0.296 e. The number of hydrogen-bond acceptors (Lipinski definition) is 1. The molecule has 0 saturated carbocycles. The van der Waals surface area contributed by atoms with Gasteiger partial charge < -0.3 is 0 Å². The van der Waals surface area contributed by atoms with Gasteiger partial charge in [-0.1, -0.05) is 153 Å². The van der Waals surface area contributed by atoms with Crippen LogP contribution in [0.5, 0.6) is 0 Å². The first-order chi connectivity index (χ1) is 24.3. The van der Waals surface area contributed by atoms with Gasteiger partial charge in [0.2, 0.25) is 0 Å². The van der Waals surface area contributed by atoms with Crippen LogP contribution in [0.2, 0.25) is 0 Å². The van der Waals surface area contributed by atoms with Gasteiger partial charge in [0.25, 0.3) is 0 Å². The molecule has 1 heterocycles. The summed E-state index contributed by atoms with van der Waals surface area (Å²) >= 11 is 0. The Morgan fingerprint density at radius 1 is 0.429 bits per heavy atom. The molecule has 49 heavy (non-hydrogen) atoms. The van der Waals surface area contributed by atoms with E-state index in [0.29, 0.717) is 0 Å². The van der Waals surface area contributed by atoms with Gasteiger partial charge in [0, 0.05) is 12.0 Å². The second-order valence-electron chi connectivity index (χ2n) is 12.6. The highest BCUT2D eigenvalue weighted by Gasteiger charge is 2.21. The molecule has 0 atom stereocenters. The zero-order valence-corrected chi connectivity index (χ0v) is 27.3. The van der Waals surface area contributed by atoms with E-state index in [4.69, 9.17) is 4.98 Å². The molecule has 0 fully saturated rings. The van der Waals surface area contributed by atoms with Gasteiger partial charge >= 0.3 is 0 Å². The number of nitrogens with zero attached hydrogens (tertiary/aromatic N) is 2. The predicted molar refractivity (Wildman–Crippen MR) is 207 cm³/mol. The first-order valence-electron chi connectivity index (χ1n) is 17.0. The number of benzene rings is 8. The Kier molecular flexibility index (Phi) is 7.13. The molecule has 0 radical (unpaired) electrons. The van der Waals surface area contributed by atoms with Gasteiger partial charge in [0.15, 0.2) is 0 Å². The van der Waals surface area contributed by atoms with E-state index in [2.05, 4.69) is 187 Å². The first-order valence-corrected chi connectivity index (χ1v) is 17.0. The smallest absolute Gasteiger partial charge is 0.114 e. The molecule has 1 aromatic heterocycles. The Labute approximate surface area is 286 Å². The molecule has 8 aromatic carbocycles. The average Bonchev–Trinajstić information content (AvgIpc) is 3.56. The van der Waals surface area contributed by atoms with Gasteiger partial charge in [-0.25, -0.2) is 4.98 Å². The van der Waals surface area contributed by atoms with E-state index in [0.717, 1.165) is 29.0 Å². The summed E-state index contributed by atoms with van der Waals surface area (Å²) in [6.45, 7) is 2.19. The number of aryl methyl sites for hydroxylation is 1. The lowest BCUT2D eigenvalue weighted by Crippen LogP contribution is -2.03. The minimum Gasteiger partial charge on any atom is -0.296 e. The van der Waals surface area contributed by atoms with Gasteiger partial charge in [-0.15, -0.1) is 0 Å². The van der Waals surface area contributed by atoms with E-state index in [1.165, 1.54) is 66.1 Å². The van der Waals surface area contributed by atoms with Crippen LogP contribution < -0.4 is 0 Å². The summed E-state index contributed by atoms with van der Waals surface area (Å²) in [5, 5.41) is 4.94. The van der Waals surface area contributed by atoms with E-state index in [-0.39, 0.29) is 0 Å². The minimum atomic E-state index is 0.835. The first kappa shape index (κ1) is 28.9. The Morgan fingerprint density at radius 3 is 1.76 bits per heavy atom. The summed E-state index contributed by atoms with van der Waals surface area (Å²) in [7, 11) is 0. The topological polar surface area (TPSA) is 17.8 Å². The molecule has 0 aliphatic rings. The zero-order valence-electron chi connectivity index (χ0n) is 27.3. The van der Waals surface area contributed by atoms with Crippen molar-refractivity contribution in [3.8, 4) is 50.2 Å². The fraction of sp³-hybridized carbons (Fsp3) is 0.0426. The van der Waals surface area contributed by atoms with Gasteiger partial charge in [0.1, 0.15) is 5.82 Å². The SMILES string of the molecule is CCc1nc2ccccc2n1-c1ccccc1-c1c2ccccc2c(-c2cccc(-c3ccccc3)c2)c2cc(-c3ccccc3)ccc12. The Balaban J connectivity index is 1.40. The van der Waals surface area contributed by atoms with Crippen molar-refractivity contribution in [3.05, 3.63) is 182 Å². The van der Waals surface area contributed by atoms with E-state index in [1.54, 1.807) is 0 Å².